The number of hydrogen-bond acceptors (Lipinski definition) is 4. The average Bonchev–Trinajstić information content (AvgIpc) is 2.33. The lowest BCUT2D eigenvalue weighted by atomic mass is 10.2. The number of rotatable bonds is 6. The molecule has 0 bridgehead atoms. The number of hydrazine groups is 1. The average molecular weight is 362 g/mol. The second-order valence-electron chi connectivity index (χ2n) is 6.52. The van der Waals surface area contributed by atoms with Crippen LogP contribution in [0.1, 0.15) is 27.7 Å². The van der Waals surface area contributed by atoms with Gasteiger partial charge in [-0.3, -0.25) is 5.43 Å². The van der Waals surface area contributed by atoms with E-state index >= 15 is 0 Å². The van der Waals surface area contributed by atoms with Crippen LogP contribution in [0.4, 0.5) is 0 Å². The lowest BCUT2D eigenvalue weighted by molar-refractivity contribution is 0.233. The summed E-state index contributed by atoms with van der Waals surface area (Å²) in [6, 6.07) is 0. The standard InChI is InChI=1S/C14H28BrN3OSi/c1-7-18(12-10-13(15)17-16-11-12)8-9-19-20(5,6)14(2,3)4/h10-11,16-17H,7-9H2,1-6H3. The van der Waals surface area contributed by atoms with Crippen LogP contribution in [0, 0.1) is 0 Å². The van der Waals surface area contributed by atoms with Crippen molar-refractivity contribution in [3.05, 3.63) is 22.6 Å². The van der Waals surface area contributed by atoms with Crippen molar-refractivity contribution in [3.8, 4) is 0 Å². The van der Waals surface area contributed by atoms with Gasteiger partial charge in [0.2, 0.25) is 0 Å². The second-order valence-corrected chi connectivity index (χ2v) is 12.2. The van der Waals surface area contributed by atoms with E-state index in [0.29, 0.717) is 0 Å². The summed E-state index contributed by atoms with van der Waals surface area (Å²) >= 11 is 3.45. The van der Waals surface area contributed by atoms with E-state index in [9.17, 15) is 0 Å². The molecule has 0 aromatic carbocycles. The van der Waals surface area contributed by atoms with Crippen LogP contribution in [-0.4, -0.2) is 32.9 Å². The maximum Gasteiger partial charge on any atom is 0.192 e. The zero-order valence-electron chi connectivity index (χ0n) is 13.5. The van der Waals surface area contributed by atoms with Gasteiger partial charge in [0.15, 0.2) is 8.32 Å². The molecule has 2 N–H and O–H groups in total. The molecule has 0 amide bonds. The quantitative estimate of drug-likeness (QED) is 0.560. The highest BCUT2D eigenvalue weighted by Crippen LogP contribution is 2.36. The molecule has 20 heavy (non-hydrogen) atoms. The SMILES string of the molecule is CCN(CCO[Si](C)(C)C(C)(C)C)C1=CNNC(Br)=C1. The maximum absolute atomic E-state index is 6.25. The van der Waals surface area contributed by atoms with Crippen molar-refractivity contribution in [1.82, 2.24) is 15.8 Å². The van der Waals surface area contributed by atoms with E-state index in [0.717, 1.165) is 30.0 Å². The largest absolute Gasteiger partial charge is 0.415 e. The Morgan fingerprint density at radius 1 is 1.35 bits per heavy atom. The first kappa shape index (κ1) is 17.6. The molecule has 0 aromatic heterocycles. The number of allylic oxidation sites excluding steroid dienone is 1. The summed E-state index contributed by atoms with van der Waals surface area (Å²) in [7, 11) is -1.65. The number of likely N-dealkylation sites (N-methyl/N-ethyl adjacent to an activating group) is 1. The Bertz CT molecular complexity index is 388. The molecule has 1 heterocycles. The highest BCUT2D eigenvalue weighted by molar-refractivity contribution is 9.11. The molecule has 0 aromatic rings. The van der Waals surface area contributed by atoms with E-state index in [-0.39, 0.29) is 5.04 Å². The Labute approximate surface area is 132 Å². The lowest BCUT2D eigenvalue weighted by Gasteiger charge is -2.37. The van der Waals surface area contributed by atoms with Gasteiger partial charge in [-0.05, 0) is 47.1 Å². The van der Waals surface area contributed by atoms with E-state index in [2.05, 4.69) is 78.5 Å². The molecule has 1 aliphatic rings. The van der Waals surface area contributed by atoms with Crippen molar-refractivity contribution in [2.45, 2.75) is 45.8 Å². The monoisotopic (exact) mass is 361 g/mol. The molecule has 1 aliphatic heterocycles. The summed E-state index contributed by atoms with van der Waals surface area (Å²) in [5, 5.41) is 0.266. The minimum Gasteiger partial charge on any atom is -0.415 e. The van der Waals surface area contributed by atoms with E-state index in [1.807, 2.05) is 6.20 Å². The van der Waals surface area contributed by atoms with Gasteiger partial charge in [0.1, 0.15) is 0 Å². The highest BCUT2D eigenvalue weighted by Gasteiger charge is 2.36. The smallest absolute Gasteiger partial charge is 0.192 e. The van der Waals surface area contributed by atoms with Crippen molar-refractivity contribution in [2.24, 2.45) is 0 Å². The first-order valence-electron chi connectivity index (χ1n) is 7.15. The van der Waals surface area contributed by atoms with E-state index < -0.39 is 8.32 Å². The fraction of sp³-hybridized carbons (Fsp3) is 0.714. The van der Waals surface area contributed by atoms with Crippen LogP contribution in [0.25, 0.3) is 0 Å². The zero-order chi connectivity index (χ0) is 15.4. The topological polar surface area (TPSA) is 36.5 Å². The fourth-order valence-corrected chi connectivity index (χ4v) is 3.05. The molecular weight excluding hydrogens is 334 g/mol. The van der Waals surface area contributed by atoms with Crippen molar-refractivity contribution in [3.63, 3.8) is 0 Å². The molecule has 4 nitrogen and oxygen atoms in total. The molecule has 0 fully saturated rings. The summed E-state index contributed by atoms with van der Waals surface area (Å²) < 4.78 is 7.19. The van der Waals surface area contributed by atoms with E-state index in [1.165, 1.54) is 0 Å². The molecule has 0 radical (unpaired) electrons. The Kier molecular flexibility index (Phi) is 6.16. The summed E-state index contributed by atoms with van der Waals surface area (Å²) in [5.74, 6) is 0. The van der Waals surface area contributed by atoms with Gasteiger partial charge in [-0.25, -0.2) is 0 Å². The number of nitrogens with zero attached hydrogens (tertiary/aromatic N) is 1. The van der Waals surface area contributed by atoms with Crippen LogP contribution in [0.2, 0.25) is 18.1 Å². The van der Waals surface area contributed by atoms with Gasteiger partial charge in [-0.1, -0.05) is 20.8 Å². The van der Waals surface area contributed by atoms with Gasteiger partial charge in [0, 0.05) is 19.3 Å². The molecule has 0 unspecified atom stereocenters. The first-order valence-corrected chi connectivity index (χ1v) is 10.9. The van der Waals surface area contributed by atoms with Crippen molar-refractivity contribution in [2.75, 3.05) is 19.7 Å². The molecular formula is C14H28BrN3OSi. The third-order valence-electron chi connectivity index (χ3n) is 4.06. The minimum atomic E-state index is -1.65. The summed E-state index contributed by atoms with van der Waals surface area (Å²) in [6.45, 7) is 16.2. The number of hydrogen-bond donors (Lipinski definition) is 2. The van der Waals surface area contributed by atoms with Gasteiger partial charge in [-0.15, -0.1) is 0 Å². The lowest BCUT2D eigenvalue weighted by Crippen LogP contribution is -2.43. The molecule has 0 aliphatic carbocycles. The molecule has 1 rings (SSSR count). The zero-order valence-corrected chi connectivity index (χ0v) is 16.1. The summed E-state index contributed by atoms with van der Waals surface area (Å²) in [4.78, 5) is 2.31. The van der Waals surface area contributed by atoms with Crippen LogP contribution >= 0.6 is 15.9 Å². The Morgan fingerprint density at radius 2 is 2.00 bits per heavy atom. The van der Waals surface area contributed by atoms with Crippen LogP contribution in [0.5, 0.6) is 0 Å². The van der Waals surface area contributed by atoms with Crippen molar-refractivity contribution >= 4 is 24.2 Å². The fourth-order valence-electron chi connectivity index (χ4n) is 1.67. The summed E-state index contributed by atoms with van der Waals surface area (Å²) in [5.41, 5.74) is 7.18. The van der Waals surface area contributed by atoms with Crippen LogP contribution in [-0.2, 0) is 4.43 Å². The van der Waals surface area contributed by atoms with Crippen LogP contribution in [0.15, 0.2) is 22.6 Å². The first-order chi connectivity index (χ1) is 9.17. The van der Waals surface area contributed by atoms with Crippen LogP contribution in [0.3, 0.4) is 0 Å². The highest BCUT2D eigenvalue weighted by atomic mass is 79.9. The Morgan fingerprint density at radius 3 is 2.50 bits per heavy atom. The summed E-state index contributed by atoms with van der Waals surface area (Å²) in [6.07, 6.45) is 4.05. The van der Waals surface area contributed by atoms with Crippen molar-refractivity contribution < 1.29 is 4.43 Å². The molecule has 116 valence electrons. The predicted molar refractivity (Wildman–Crippen MR) is 91.8 cm³/mol. The third kappa shape index (κ3) is 4.82. The number of halogens is 1. The van der Waals surface area contributed by atoms with Gasteiger partial charge in [0.25, 0.3) is 0 Å². The molecule has 0 saturated carbocycles. The Hall–Kier alpha value is -0.463. The third-order valence-corrected chi connectivity index (χ3v) is 9.03. The van der Waals surface area contributed by atoms with Gasteiger partial charge < -0.3 is 14.8 Å². The van der Waals surface area contributed by atoms with Crippen LogP contribution < -0.4 is 10.9 Å². The van der Waals surface area contributed by atoms with E-state index in [4.69, 9.17) is 4.43 Å². The van der Waals surface area contributed by atoms with Gasteiger partial charge >= 0.3 is 0 Å². The predicted octanol–water partition coefficient (Wildman–Crippen LogP) is 3.52. The number of nitrogens with one attached hydrogen (secondary N) is 2. The Balaban J connectivity index is 2.53. The maximum atomic E-state index is 6.25. The molecule has 0 atom stereocenters. The van der Waals surface area contributed by atoms with Gasteiger partial charge in [0.05, 0.1) is 16.9 Å². The molecule has 0 spiro atoms. The second kappa shape index (κ2) is 7.00. The normalized spacial score (nSPS) is 15.9. The van der Waals surface area contributed by atoms with Crippen molar-refractivity contribution in [1.29, 1.82) is 0 Å². The molecule has 6 heteroatoms. The van der Waals surface area contributed by atoms with Gasteiger partial charge in [-0.2, -0.15) is 0 Å². The molecule has 0 saturated heterocycles. The minimum absolute atomic E-state index is 0.266. The van der Waals surface area contributed by atoms with E-state index in [1.54, 1.807) is 0 Å².